The van der Waals surface area contributed by atoms with Crippen molar-refractivity contribution in [3.05, 3.63) is 42.0 Å². The number of anilines is 1. The highest BCUT2D eigenvalue weighted by molar-refractivity contribution is 6.12. The van der Waals surface area contributed by atoms with E-state index in [0.29, 0.717) is 5.56 Å². The number of aliphatic imine (C=N–C) groups is 1. The Bertz CT molecular complexity index is 1380. The van der Waals surface area contributed by atoms with Gasteiger partial charge in [0.25, 0.3) is 11.8 Å². The lowest BCUT2D eigenvalue weighted by molar-refractivity contribution is -0.140. The summed E-state index contributed by atoms with van der Waals surface area (Å²) in [5, 5.41) is 21.3. The molecule has 0 saturated carbocycles. The number of urea groups is 1. The number of benzene rings is 1. The molecule has 0 radical (unpaired) electrons. The molecule has 0 saturated heterocycles. The molecule has 0 aromatic heterocycles. The second-order valence-electron chi connectivity index (χ2n) is 9.99. The van der Waals surface area contributed by atoms with Gasteiger partial charge in [0, 0.05) is 44.3 Å². The van der Waals surface area contributed by atoms with Crippen LogP contribution in [0.25, 0.3) is 0 Å². The highest BCUT2D eigenvalue weighted by Crippen LogP contribution is 2.10. The Labute approximate surface area is 269 Å². The van der Waals surface area contributed by atoms with Crippen molar-refractivity contribution in [1.29, 1.82) is 0 Å². The fraction of sp³-hybridized carbons (Fsp3) is 0.414. The lowest BCUT2D eigenvalue weighted by Crippen LogP contribution is -2.55. The first kappa shape index (κ1) is 37.7. The number of carboxylic acids is 1. The molecule has 1 aromatic rings. The predicted octanol–water partition coefficient (Wildman–Crippen LogP) is -1.69. The maximum Gasteiger partial charge on any atom is 0.340 e. The number of hydrogen-bond acceptors (Lipinski definition) is 10. The number of aliphatic carboxylic acids is 1. The average Bonchev–Trinajstić information content (AvgIpc) is 3.34. The Morgan fingerprint density at radius 3 is 2.13 bits per heavy atom. The smallest absolute Gasteiger partial charge is 0.340 e. The highest BCUT2D eigenvalue weighted by Gasteiger charge is 2.28. The molecule has 6 N–H and O–H groups in total. The molecular weight excluding hydrogens is 622 g/mol. The molecule has 1 aromatic carbocycles. The normalized spacial score (nSPS) is 14.3. The zero-order chi connectivity index (χ0) is 34.9. The maximum absolute atomic E-state index is 12.8. The van der Waals surface area contributed by atoms with Crippen LogP contribution < -0.4 is 26.6 Å². The number of carbonyl (C=O) groups is 8. The molecule has 0 aliphatic carbocycles. The van der Waals surface area contributed by atoms with Crippen molar-refractivity contribution < 1.29 is 52.9 Å². The van der Waals surface area contributed by atoms with Crippen LogP contribution in [0.1, 0.15) is 25.8 Å². The molecule has 0 bridgehead atoms. The Hall–Kier alpha value is -5.49. The van der Waals surface area contributed by atoms with Crippen LogP contribution in [0, 0.1) is 0 Å². The van der Waals surface area contributed by atoms with Crippen molar-refractivity contribution >= 4 is 59.3 Å². The van der Waals surface area contributed by atoms with E-state index in [9.17, 15) is 43.5 Å². The molecule has 3 atom stereocenters. The van der Waals surface area contributed by atoms with Crippen molar-refractivity contribution in [1.82, 2.24) is 26.2 Å². The van der Waals surface area contributed by atoms with Crippen molar-refractivity contribution in [3.8, 4) is 0 Å². The third kappa shape index (κ3) is 13.6. The predicted molar refractivity (Wildman–Crippen MR) is 164 cm³/mol. The number of rotatable bonds is 18. The van der Waals surface area contributed by atoms with Crippen molar-refractivity contribution in [2.24, 2.45) is 4.99 Å². The van der Waals surface area contributed by atoms with Crippen LogP contribution in [0.15, 0.2) is 41.4 Å². The molecule has 0 spiro atoms. The lowest BCUT2D eigenvalue weighted by atomic mass is 10.1. The van der Waals surface area contributed by atoms with E-state index in [2.05, 4.69) is 31.6 Å². The van der Waals surface area contributed by atoms with E-state index in [1.54, 1.807) is 0 Å². The van der Waals surface area contributed by atoms with Crippen LogP contribution in [0.4, 0.5) is 10.5 Å². The minimum atomic E-state index is -1.51. The van der Waals surface area contributed by atoms with Gasteiger partial charge in [-0.25, -0.2) is 9.79 Å². The number of ether oxygens (including phenoxy) is 2. The second kappa shape index (κ2) is 19.1. The standard InChI is InChI=1S/C29H37N7O11/c1-17(32-22(37)16-47-13-12-46-3)26(42)33-18(2)27(43)35-21(14-25(40)41)28(44)34-20-6-4-19(5-7-20)15-31-29(45)30-10-11-36-23(38)8-9-24(36)39/h4-9,15,17-18,21H,10-14,16H2,1-3H3,(H,30,45)(H,32,37)(H,33,42)(H,34,44)(H,35,43)(H,40,41). The van der Waals surface area contributed by atoms with E-state index in [0.717, 1.165) is 17.1 Å². The minimum Gasteiger partial charge on any atom is -0.481 e. The molecule has 2 rings (SSSR count). The van der Waals surface area contributed by atoms with Gasteiger partial charge < -0.3 is 41.2 Å². The maximum atomic E-state index is 12.8. The molecule has 1 aliphatic rings. The van der Waals surface area contributed by atoms with Crippen molar-refractivity contribution in [3.63, 3.8) is 0 Å². The first-order valence-corrected chi connectivity index (χ1v) is 14.3. The van der Waals surface area contributed by atoms with Gasteiger partial charge in [0.2, 0.25) is 23.6 Å². The summed E-state index contributed by atoms with van der Waals surface area (Å²) in [5.41, 5.74) is 0.711. The Balaban J connectivity index is 1.85. The van der Waals surface area contributed by atoms with Gasteiger partial charge in [0.1, 0.15) is 24.7 Å². The van der Waals surface area contributed by atoms with Crippen LogP contribution in [-0.2, 0) is 43.0 Å². The second-order valence-corrected chi connectivity index (χ2v) is 9.99. The fourth-order valence-electron chi connectivity index (χ4n) is 3.73. The monoisotopic (exact) mass is 659 g/mol. The van der Waals surface area contributed by atoms with Crippen molar-refractivity contribution in [2.45, 2.75) is 38.4 Å². The molecule has 1 heterocycles. The number of nitrogens with zero attached hydrogens (tertiary/aromatic N) is 2. The number of imide groups is 1. The average molecular weight is 660 g/mol. The number of amides is 8. The van der Waals surface area contributed by atoms with Crippen LogP contribution in [0.5, 0.6) is 0 Å². The summed E-state index contributed by atoms with van der Waals surface area (Å²) >= 11 is 0. The van der Waals surface area contributed by atoms with Gasteiger partial charge in [-0.1, -0.05) is 12.1 Å². The quantitative estimate of drug-likeness (QED) is 0.0589. The number of nitrogens with one attached hydrogen (secondary N) is 5. The lowest BCUT2D eigenvalue weighted by Gasteiger charge is -2.21. The number of methoxy groups -OCH3 is 1. The number of hydrogen-bond donors (Lipinski definition) is 6. The number of carboxylic acid groups (broad SMARTS) is 1. The summed E-state index contributed by atoms with van der Waals surface area (Å²) in [5.74, 6) is -5.27. The van der Waals surface area contributed by atoms with Crippen molar-refractivity contribution in [2.75, 3.05) is 45.3 Å². The highest BCUT2D eigenvalue weighted by atomic mass is 16.5. The van der Waals surface area contributed by atoms with Crippen LogP contribution in [-0.4, -0.2) is 122 Å². The molecule has 0 fully saturated rings. The zero-order valence-corrected chi connectivity index (χ0v) is 25.9. The van der Waals surface area contributed by atoms with E-state index < -0.39 is 72.0 Å². The summed E-state index contributed by atoms with van der Waals surface area (Å²) < 4.78 is 9.87. The van der Waals surface area contributed by atoms with Gasteiger partial charge in [0.05, 0.1) is 19.6 Å². The third-order valence-electron chi connectivity index (χ3n) is 6.22. The molecule has 254 valence electrons. The number of carbonyl (C=O) groups excluding carboxylic acids is 7. The Kier molecular flexibility index (Phi) is 15.3. The Morgan fingerprint density at radius 1 is 0.894 bits per heavy atom. The summed E-state index contributed by atoms with van der Waals surface area (Å²) in [6.45, 7) is 2.87. The van der Waals surface area contributed by atoms with E-state index in [4.69, 9.17) is 9.47 Å². The minimum absolute atomic E-state index is 0.00268. The van der Waals surface area contributed by atoms with Crippen LogP contribution >= 0.6 is 0 Å². The van der Waals surface area contributed by atoms with Gasteiger partial charge in [-0.05, 0) is 31.5 Å². The first-order chi connectivity index (χ1) is 22.3. The SMILES string of the molecule is COCCOCC(=O)NC(C)C(=O)NC(C)C(=O)NC(CC(=O)O)C(=O)Nc1ccc(C=NC(=O)NCCN2C(=O)C=CC2=O)cc1. The fourth-order valence-corrected chi connectivity index (χ4v) is 3.73. The van der Waals surface area contributed by atoms with Gasteiger partial charge >= 0.3 is 12.0 Å². The van der Waals surface area contributed by atoms with Gasteiger partial charge in [-0.15, -0.1) is 0 Å². The molecule has 8 amide bonds. The molecule has 18 nitrogen and oxygen atoms in total. The van der Waals surface area contributed by atoms with Gasteiger partial charge in [-0.3, -0.25) is 38.5 Å². The summed E-state index contributed by atoms with van der Waals surface area (Å²) in [6, 6.07) is 1.48. The van der Waals surface area contributed by atoms with Crippen LogP contribution in [0.3, 0.4) is 0 Å². The molecule has 1 aliphatic heterocycles. The van der Waals surface area contributed by atoms with E-state index in [-0.39, 0.29) is 38.6 Å². The third-order valence-corrected chi connectivity index (χ3v) is 6.22. The molecule has 3 unspecified atom stereocenters. The van der Waals surface area contributed by atoms with E-state index >= 15 is 0 Å². The summed E-state index contributed by atoms with van der Waals surface area (Å²) in [6.07, 6.45) is 2.75. The molecule has 47 heavy (non-hydrogen) atoms. The zero-order valence-electron chi connectivity index (χ0n) is 25.9. The largest absolute Gasteiger partial charge is 0.481 e. The Morgan fingerprint density at radius 2 is 1.51 bits per heavy atom. The van der Waals surface area contributed by atoms with Crippen LogP contribution in [0.2, 0.25) is 0 Å². The summed E-state index contributed by atoms with van der Waals surface area (Å²) in [4.78, 5) is 101. The topological polar surface area (TPSA) is 251 Å². The molecule has 18 heteroatoms. The van der Waals surface area contributed by atoms with E-state index in [1.807, 2.05) is 0 Å². The van der Waals surface area contributed by atoms with Gasteiger partial charge in [-0.2, -0.15) is 0 Å². The summed E-state index contributed by atoms with van der Waals surface area (Å²) in [7, 11) is 1.47. The van der Waals surface area contributed by atoms with Gasteiger partial charge in [0.15, 0.2) is 0 Å². The molecular formula is C29H37N7O11. The first-order valence-electron chi connectivity index (χ1n) is 14.3. The van der Waals surface area contributed by atoms with E-state index in [1.165, 1.54) is 51.4 Å².